The van der Waals surface area contributed by atoms with E-state index in [4.69, 9.17) is 39.6 Å². The molecule has 0 unspecified atom stereocenters. The summed E-state index contributed by atoms with van der Waals surface area (Å²) in [5.74, 6) is 0. The maximum absolute atomic E-state index is 13.3. The normalized spacial score (nSPS) is 12.4. The molecule has 0 aliphatic heterocycles. The van der Waals surface area contributed by atoms with Gasteiger partial charge in [-0.05, 0) is 49.4 Å². The smallest absolute Gasteiger partial charge is 0.296 e. The zero-order valence-electron chi connectivity index (χ0n) is 17.5. The van der Waals surface area contributed by atoms with Crippen molar-refractivity contribution in [2.75, 3.05) is 5.32 Å². The molecule has 3 aromatic carbocycles. The van der Waals surface area contributed by atoms with E-state index in [9.17, 15) is 26.4 Å². The molecule has 0 radical (unpaired) electrons. The Morgan fingerprint density at radius 3 is 2.09 bits per heavy atom. The number of anilines is 1. The zero-order chi connectivity index (χ0) is 26.0. The molecule has 0 saturated heterocycles. The van der Waals surface area contributed by atoms with Gasteiger partial charge in [0.15, 0.2) is 0 Å². The fourth-order valence-electron chi connectivity index (χ4n) is 2.81. The summed E-state index contributed by atoms with van der Waals surface area (Å²) in [7, 11) is -4.38. The van der Waals surface area contributed by atoms with Crippen molar-refractivity contribution in [2.45, 2.75) is 18.0 Å². The Morgan fingerprint density at radius 2 is 1.54 bits per heavy atom. The first-order valence-electron chi connectivity index (χ1n) is 9.49. The molecule has 0 fully saturated rings. The van der Waals surface area contributed by atoms with Crippen molar-refractivity contribution in [3.63, 3.8) is 0 Å². The Bertz CT molecular complexity index is 1390. The molecule has 0 bridgehead atoms. The van der Waals surface area contributed by atoms with Crippen LogP contribution in [0.25, 0.3) is 0 Å². The lowest BCUT2D eigenvalue weighted by atomic mass is 10.2. The summed E-state index contributed by atoms with van der Waals surface area (Å²) in [6, 6.07) is 12.4. The standard InChI is InChI=1S/C22H14Cl3F3N2O4S/c1-12-5-8-14(9-6-12)35(32,33)20(19-16(23)3-2-4-17(19)24)30-34-21(31)29-13-7-10-15(18(25)11-13)22(26,27)28/h2-11H,1H3,(H,29,31). The number of nitrogens with zero attached hydrogens (tertiary/aromatic N) is 1. The van der Waals surface area contributed by atoms with E-state index in [1.807, 2.05) is 0 Å². The van der Waals surface area contributed by atoms with Gasteiger partial charge >= 0.3 is 12.3 Å². The molecular weight excluding hydrogens is 552 g/mol. The van der Waals surface area contributed by atoms with E-state index >= 15 is 0 Å². The lowest BCUT2D eigenvalue weighted by Gasteiger charge is -2.12. The quantitative estimate of drug-likeness (QED) is 0.155. The van der Waals surface area contributed by atoms with Gasteiger partial charge in [0.2, 0.25) is 14.9 Å². The topological polar surface area (TPSA) is 84.8 Å². The van der Waals surface area contributed by atoms with Gasteiger partial charge in [-0.1, -0.05) is 63.7 Å². The van der Waals surface area contributed by atoms with Crippen molar-refractivity contribution in [3.05, 3.63) is 92.4 Å². The van der Waals surface area contributed by atoms with E-state index in [1.165, 1.54) is 30.3 Å². The molecular formula is C22H14Cl3F3N2O4S. The third-order valence-corrected chi connectivity index (χ3v) is 7.12. The second-order valence-electron chi connectivity index (χ2n) is 7.01. The zero-order valence-corrected chi connectivity index (χ0v) is 20.6. The average molecular weight is 566 g/mol. The summed E-state index contributed by atoms with van der Waals surface area (Å²) in [5, 5.41) is 4.04. The molecule has 0 aliphatic carbocycles. The highest BCUT2D eigenvalue weighted by atomic mass is 35.5. The van der Waals surface area contributed by atoms with Gasteiger partial charge in [-0.25, -0.2) is 13.2 Å². The van der Waals surface area contributed by atoms with E-state index in [2.05, 4.69) is 10.5 Å². The largest absolute Gasteiger partial charge is 0.437 e. The van der Waals surface area contributed by atoms with Crippen LogP contribution < -0.4 is 5.32 Å². The van der Waals surface area contributed by atoms with Crippen LogP contribution in [-0.4, -0.2) is 19.6 Å². The molecule has 0 saturated carbocycles. The number of amides is 1. The van der Waals surface area contributed by atoms with Gasteiger partial charge in [0, 0.05) is 5.69 Å². The van der Waals surface area contributed by atoms with Crippen LogP contribution in [0.3, 0.4) is 0 Å². The first-order valence-corrected chi connectivity index (χ1v) is 12.1. The van der Waals surface area contributed by atoms with Gasteiger partial charge in [0.25, 0.3) is 0 Å². The molecule has 0 aromatic heterocycles. The summed E-state index contributed by atoms with van der Waals surface area (Å²) < 4.78 is 65.2. The number of hydrogen-bond donors (Lipinski definition) is 1. The summed E-state index contributed by atoms with van der Waals surface area (Å²) in [6.07, 6.45) is -5.99. The number of nitrogens with one attached hydrogen (secondary N) is 1. The molecule has 1 N–H and O–H groups in total. The van der Waals surface area contributed by atoms with Crippen molar-refractivity contribution < 1.29 is 31.2 Å². The third-order valence-electron chi connectivity index (χ3n) is 4.49. The van der Waals surface area contributed by atoms with E-state index in [1.54, 1.807) is 19.1 Å². The number of halogens is 6. The van der Waals surface area contributed by atoms with Gasteiger partial charge in [0.1, 0.15) is 0 Å². The van der Waals surface area contributed by atoms with E-state index in [0.29, 0.717) is 6.07 Å². The number of carbonyl (C=O) groups excluding carboxylic acids is 1. The monoisotopic (exact) mass is 564 g/mol. The Balaban J connectivity index is 1.96. The Morgan fingerprint density at radius 1 is 0.943 bits per heavy atom. The number of carbonyl (C=O) groups is 1. The molecule has 184 valence electrons. The average Bonchev–Trinajstić information content (AvgIpc) is 2.75. The Kier molecular flexibility index (Phi) is 8.00. The van der Waals surface area contributed by atoms with Crippen molar-refractivity contribution in [2.24, 2.45) is 5.16 Å². The highest BCUT2D eigenvalue weighted by molar-refractivity contribution is 8.07. The fraction of sp³-hybridized carbons (Fsp3) is 0.0909. The minimum Gasteiger partial charge on any atom is -0.296 e. The number of rotatable bonds is 4. The van der Waals surface area contributed by atoms with Crippen LogP contribution >= 0.6 is 34.8 Å². The Labute approximate surface area is 213 Å². The van der Waals surface area contributed by atoms with Crippen molar-refractivity contribution >= 4 is 61.5 Å². The molecule has 3 rings (SSSR count). The van der Waals surface area contributed by atoms with Crippen LogP contribution in [0.4, 0.5) is 23.7 Å². The van der Waals surface area contributed by atoms with Crippen LogP contribution in [0.1, 0.15) is 16.7 Å². The highest BCUT2D eigenvalue weighted by Gasteiger charge is 2.33. The summed E-state index contributed by atoms with van der Waals surface area (Å²) >= 11 is 18.0. The van der Waals surface area contributed by atoms with Crippen LogP contribution in [-0.2, 0) is 20.9 Å². The molecule has 6 nitrogen and oxygen atoms in total. The van der Waals surface area contributed by atoms with Gasteiger partial charge in [-0.15, -0.1) is 0 Å². The molecule has 0 heterocycles. The molecule has 0 aliphatic rings. The van der Waals surface area contributed by atoms with Crippen LogP contribution in [0.2, 0.25) is 15.1 Å². The minimum atomic E-state index is -4.69. The Hall–Kier alpha value is -2.79. The highest BCUT2D eigenvalue weighted by Crippen LogP contribution is 2.36. The molecule has 13 heteroatoms. The van der Waals surface area contributed by atoms with Crippen molar-refractivity contribution in [1.29, 1.82) is 0 Å². The number of aryl methyl sites for hydroxylation is 1. The van der Waals surface area contributed by atoms with Crippen LogP contribution in [0.15, 0.2) is 70.7 Å². The first kappa shape index (κ1) is 26.8. The fourth-order valence-corrected chi connectivity index (χ4v) is 5.12. The molecule has 35 heavy (non-hydrogen) atoms. The second kappa shape index (κ2) is 10.4. The molecule has 1 amide bonds. The predicted molar refractivity (Wildman–Crippen MR) is 128 cm³/mol. The number of oxime groups is 1. The SMILES string of the molecule is Cc1ccc(S(=O)(=O)C(=NOC(=O)Nc2ccc(C(F)(F)F)c(Cl)c2)c2c(Cl)cccc2Cl)cc1. The predicted octanol–water partition coefficient (Wildman–Crippen LogP) is 7.36. The molecule has 0 spiro atoms. The van der Waals surface area contributed by atoms with E-state index < -0.39 is 37.7 Å². The van der Waals surface area contributed by atoms with E-state index in [0.717, 1.165) is 17.7 Å². The van der Waals surface area contributed by atoms with Crippen LogP contribution in [0, 0.1) is 6.92 Å². The summed E-state index contributed by atoms with van der Waals surface area (Å²) in [4.78, 5) is 16.8. The molecule has 3 aromatic rings. The van der Waals surface area contributed by atoms with Gasteiger partial charge in [-0.3, -0.25) is 10.2 Å². The maximum atomic E-state index is 13.3. The summed E-state index contributed by atoms with van der Waals surface area (Å²) in [6.45, 7) is 1.76. The van der Waals surface area contributed by atoms with Gasteiger partial charge < -0.3 is 0 Å². The lowest BCUT2D eigenvalue weighted by Crippen LogP contribution is -2.20. The summed E-state index contributed by atoms with van der Waals surface area (Å²) in [5.41, 5.74) is -0.663. The first-order chi connectivity index (χ1) is 16.3. The number of benzene rings is 3. The second-order valence-corrected chi connectivity index (χ2v) is 10.1. The van der Waals surface area contributed by atoms with Gasteiger partial charge in [-0.2, -0.15) is 13.2 Å². The van der Waals surface area contributed by atoms with Gasteiger partial charge in [0.05, 0.1) is 31.1 Å². The minimum absolute atomic E-state index is 0.0783. The third kappa shape index (κ3) is 6.26. The van der Waals surface area contributed by atoms with Crippen molar-refractivity contribution in [3.8, 4) is 0 Å². The number of hydrogen-bond acceptors (Lipinski definition) is 5. The van der Waals surface area contributed by atoms with E-state index in [-0.39, 0.29) is 26.2 Å². The van der Waals surface area contributed by atoms with Crippen molar-refractivity contribution in [1.82, 2.24) is 0 Å². The number of alkyl halides is 3. The molecule has 0 atom stereocenters. The van der Waals surface area contributed by atoms with Crippen LogP contribution in [0.5, 0.6) is 0 Å². The maximum Gasteiger partial charge on any atom is 0.437 e. The lowest BCUT2D eigenvalue weighted by molar-refractivity contribution is -0.137. The number of sulfone groups is 1.